The van der Waals surface area contributed by atoms with E-state index in [9.17, 15) is 9.90 Å². The Balaban J connectivity index is 1.59. The number of aliphatic hydroxyl groups excluding tert-OH is 1. The van der Waals surface area contributed by atoms with Crippen molar-refractivity contribution in [3.63, 3.8) is 0 Å². The molecule has 1 fully saturated rings. The minimum atomic E-state index is -0.573. The number of carbonyl (C=O) groups is 1. The molecule has 0 aliphatic carbocycles. The number of aryl methyl sites for hydroxylation is 1. The minimum Gasteiger partial charge on any atom is -0.387 e. The lowest BCUT2D eigenvalue weighted by molar-refractivity contribution is 0.0447. The molecule has 1 aliphatic heterocycles. The van der Waals surface area contributed by atoms with Crippen molar-refractivity contribution in [2.24, 2.45) is 5.92 Å². The van der Waals surface area contributed by atoms with Gasteiger partial charge in [0.2, 0.25) is 0 Å². The van der Waals surface area contributed by atoms with Crippen LogP contribution in [0.3, 0.4) is 0 Å². The lowest BCUT2D eigenvalue weighted by Crippen LogP contribution is -2.40. The molecule has 0 aromatic carbocycles. The Morgan fingerprint density at radius 2 is 1.96 bits per heavy atom. The second kappa shape index (κ2) is 7.49. The summed E-state index contributed by atoms with van der Waals surface area (Å²) in [7, 11) is 0. The summed E-state index contributed by atoms with van der Waals surface area (Å²) in [5.41, 5.74) is 1.22. The molecule has 0 bridgehead atoms. The first kappa shape index (κ1) is 16.5. The molecule has 1 atom stereocenters. The molecular weight excluding hydrogens is 304 g/mol. The summed E-state index contributed by atoms with van der Waals surface area (Å²) in [4.78, 5) is 26.9. The monoisotopic (exact) mass is 326 g/mol. The number of carbonyl (C=O) groups excluding carboxylic acids is 1. The third-order valence-corrected chi connectivity index (χ3v) is 4.53. The van der Waals surface area contributed by atoms with Crippen molar-refractivity contribution in [2.75, 3.05) is 13.1 Å². The standard InChI is InChI=1S/C18H22N4O2/c1-2-16-20-11-14(12-21-16)18(24)22-9-6-13(7-10-22)17(23)15-5-3-4-8-19-15/h3-5,8,11-13,17,23H,2,6-7,9-10H2,1H3. The first-order valence-electron chi connectivity index (χ1n) is 8.38. The molecule has 24 heavy (non-hydrogen) atoms. The van der Waals surface area contributed by atoms with Gasteiger partial charge in [-0.1, -0.05) is 13.0 Å². The number of aromatic nitrogens is 3. The van der Waals surface area contributed by atoms with E-state index < -0.39 is 6.10 Å². The molecule has 1 unspecified atom stereocenters. The van der Waals surface area contributed by atoms with Crippen LogP contribution in [0.1, 0.15) is 47.7 Å². The molecule has 2 aromatic heterocycles. The van der Waals surface area contributed by atoms with Gasteiger partial charge in [-0.2, -0.15) is 0 Å². The normalized spacial score (nSPS) is 16.8. The molecule has 6 nitrogen and oxygen atoms in total. The highest BCUT2D eigenvalue weighted by Crippen LogP contribution is 2.30. The summed E-state index contributed by atoms with van der Waals surface area (Å²) in [5, 5.41) is 10.5. The van der Waals surface area contributed by atoms with Crippen LogP contribution < -0.4 is 0 Å². The van der Waals surface area contributed by atoms with E-state index in [-0.39, 0.29) is 11.8 Å². The van der Waals surface area contributed by atoms with Gasteiger partial charge in [0.25, 0.3) is 5.91 Å². The Bertz CT molecular complexity index is 667. The minimum absolute atomic E-state index is 0.0385. The van der Waals surface area contributed by atoms with Crippen molar-refractivity contribution in [3.05, 3.63) is 53.9 Å². The number of piperidine rings is 1. The molecule has 0 spiro atoms. The smallest absolute Gasteiger partial charge is 0.256 e. The van der Waals surface area contributed by atoms with Gasteiger partial charge in [-0.05, 0) is 30.9 Å². The van der Waals surface area contributed by atoms with E-state index in [1.54, 1.807) is 18.6 Å². The van der Waals surface area contributed by atoms with Crippen LogP contribution in [0.15, 0.2) is 36.8 Å². The topological polar surface area (TPSA) is 79.2 Å². The third-order valence-electron chi connectivity index (χ3n) is 4.53. The zero-order valence-corrected chi connectivity index (χ0v) is 13.8. The predicted molar refractivity (Wildman–Crippen MR) is 89.2 cm³/mol. The molecule has 2 aromatic rings. The SMILES string of the molecule is CCc1ncc(C(=O)N2CCC(C(O)c3ccccn3)CC2)cn1. The summed E-state index contributed by atoms with van der Waals surface area (Å²) >= 11 is 0. The van der Waals surface area contributed by atoms with E-state index in [4.69, 9.17) is 0 Å². The van der Waals surface area contributed by atoms with Gasteiger partial charge < -0.3 is 10.0 Å². The van der Waals surface area contributed by atoms with Gasteiger partial charge in [0.15, 0.2) is 0 Å². The van der Waals surface area contributed by atoms with Gasteiger partial charge in [0.1, 0.15) is 5.82 Å². The van der Waals surface area contributed by atoms with Gasteiger partial charge in [-0.3, -0.25) is 9.78 Å². The van der Waals surface area contributed by atoms with Crippen LogP contribution >= 0.6 is 0 Å². The number of likely N-dealkylation sites (tertiary alicyclic amines) is 1. The van der Waals surface area contributed by atoms with Gasteiger partial charge >= 0.3 is 0 Å². The molecule has 1 amide bonds. The molecule has 6 heteroatoms. The van der Waals surface area contributed by atoms with Crippen LogP contribution in [-0.4, -0.2) is 44.0 Å². The molecule has 1 N–H and O–H groups in total. The summed E-state index contributed by atoms with van der Waals surface area (Å²) in [6, 6.07) is 5.56. The predicted octanol–water partition coefficient (Wildman–Crippen LogP) is 2.02. The summed E-state index contributed by atoms with van der Waals surface area (Å²) in [5.74, 6) is 0.829. The largest absolute Gasteiger partial charge is 0.387 e. The van der Waals surface area contributed by atoms with Crippen LogP contribution in [0, 0.1) is 5.92 Å². The molecule has 1 saturated heterocycles. The van der Waals surface area contributed by atoms with Crippen LogP contribution in [0.5, 0.6) is 0 Å². The average molecular weight is 326 g/mol. The number of nitrogens with zero attached hydrogens (tertiary/aromatic N) is 4. The first-order valence-corrected chi connectivity index (χ1v) is 8.38. The Labute approximate surface area is 141 Å². The number of rotatable bonds is 4. The van der Waals surface area contributed by atoms with Gasteiger partial charge in [-0.15, -0.1) is 0 Å². The zero-order valence-electron chi connectivity index (χ0n) is 13.8. The van der Waals surface area contributed by atoms with Crippen LogP contribution in [0.4, 0.5) is 0 Å². The maximum atomic E-state index is 12.5. The maximum Gasteiger partial charge on any atom is 0.256 e. The lowest BCUT2D eigenvalue weighted by Gasteiger charge is -2.34. The Hall–Kier alpha value is -2.34. The van der Waals surface area contributed by atoms with Gasteiger partial charge in [0.05, 0.1) is 17.4 Å². The Morgan fingerprint density at radius 1 is 1.25 bits per heavy atom. The number of hydrogen-bond acceptors (Lipinski definition) is 5. The van der Waals surface area contributed by atoms with Crippen molar-refractivity contribution >= 4 is 5.91 Å². The van der Waals surface area contributed by atoms with E-state index in [2.05, 4.69) is 15.0 Å². The van der Waals surface area contributed by atoms with E-state index in [1.165, 1.54) is 0 Å². The summed E-state index contributed by atoms with van der Waals surface area (Å²) in [6.07, 6.45) is 6.60. The molecule has 3 heterocycles. The molecule has 126 valence electrons. The quantitative estimate of drug-likeness (QED) is 0.930. The molecular formula is C18H22N4O2. The van der Waals surface area contributed by atoms with Crippen molar-refractivity contribution in [3.8, 4) is 0 Å². The molecule has 3 rings (SSSR count). The molecule has 0 radical (unpaired) electrons. The van der Waals surface area contributed by atoms with Gasteiger partial charge in [0, 0.05) is 38.1 Å². The number of pyridine rings is 1. The number of hydrogen-bond donors (Lipinski definition) is 1. The highest BCUT2D eigenvalue weighted by atomic mass is 16.3. The van der Waals surface area contributed by atoms with Crippen LogP contribution in [0.2, 0.25) is 0 Å². The highest BCUT2D eigenvalue weighted by Gasteiger charge is 2.29. The molecule has 0 saturated carbocycles. The Morgan fingerprint density at radius 3 is 2.54 bits per heavy atom. The summed E-state index contributed by atoms with van der Waals surface area (Å²) < 4.78 is 0. The van der Waals surface area contributed by atoms with Crippen molar-refractivity contribution in [1.29, 1.82) is 0 Å². The van der Waals surface area contributed by atoms with Crippen molar-refractivity contribution in [2.45, 2.75) is 32.3 Å². The van der Waals surface area contributed by atoms with E-state index in [0.717, 1.165) is 25.1 Å². The van der Waals surface area contributed by atoms with E-state index in [0.29, 0.717) is 24.3 Å². The summed E-state index contributed by atoms with van der Waals surface area (Å²) in [6.45, 7) is 3.24. The average Bonchev–Trinajstić information content (AvgIpc) is 2.68. The fourth-order valence-corrected chi connectivity index (χ4v) is 3.04. The third kappa shape index (κ3) is 3.59. The lowest BCUT2D eigenvalue weighted by atomic mass is 9.89. The molecule has 1 aliphatic rings. The number of aliphatic hydroxyl groups is 1. The fourth-order valence-electron chi connectivity index (χ4n) is 3.04. The highest BCUT2D eigenvalue weighted by molar-refractivity contribution is 5.93. The first-order chi connectivity index (χ1) is 11.7. The fraction of sp³-hybridized carbons (Fsp3) is 0.444. The van der Waals surface area contributed by atoms with E-state index >= 15 is 0 Å². The van der Waals surface area contributed by atoms with Crippen LogP contribution in [0.25, 0.3) is 0 Å². The maximum absolute atomic E-state index is 12.5. The zero-order chi connectivity index (χ0) is 16.9. The van der Waals surface area contributed by atoms with Crippen molar-refractivity contribution < 1.29 is 9.90 Å². The van der Waals surface area contributed by atoms with E-state index in [1.807, 2.05) is 30.0 Å². The second-order valence-corrected chi connectivity index (χ2v) is 6.07. The second-order valence-electron chi connectivity index (χ2n) is 6.07. The number of amides is 1. The van der Waals surface area contributed by atoms with Crippen molar-refractivity contribution in [1.82, 2.24) is 19.9 Å². The van der Waals surface area contributed by atoms with Gasteiger partial charge in [-0.25, -0.2) is 9.97 Å². The Kier molecular flexibility index (Phi) is 5.15. The van der Waals surface area contributed by atoms with Crippen LogP contribution in [-0.2, 0) is 6.42 Å².